The van der Waals surface area contributed by atoms with Crippen molar-refractivity contribution in [1.82, 2.24) is 0 Å². The zero-order valence-corrected chi connectivity index (χ0v) is 26.5. The van der Waals surface area contributed by atoms with E-state index in [1.807, 2.05) is 22.7 Å². The molecule has 2 aromatic heterocycles. The number of benzene rings is 8. The van der Waals surface area contributed by atoms with E-state index >= 15 is 0 Å². The Kier molecular flexibility index (Phi) is 5.72. The molecule has 8 aromatic carbocycles. The maximum Gasteiger partial charge on any atom is 0.0533 e. The molecule has 0 radical (unpaired) electrons. The fraction of sp³-hybridized carbons (Fsp3) is 0. The van der Waals surface area contributed by atoms with Gasteiger partial charge in [0, 0.05) is 26.4 Å². The molecule has 214 valence electrons. The van der Waals surface area contributed by atoms with Crippen LogP contribution in [0.4, 0.5) is 0 Å². The molecule has 0 aliphatic heterocycles. The molecule has 0 amide bonds. The van der Waals surface area contributed by atoms with Crippen LogP contribution < -0.4 is 0 Å². The highest BCUT2D eigenvalue weighted by atomic mass is 32.1. The lowest BCUT2D eigenvalue weighted by Gasteiger charge is -2.19. The minimum absolute atomic E-state index is 1.26. The van der Waals surface area contributed by atoms with Crippen molar-refractivity contribution < 1.29 is 0 Å². The zero-order chi connectivity index (χ0) is 30.2. The lowest BCUT2D eigenvalue weighted by Crippen LogP contribution is -1.91. The molecule has 0 unspecified atom stereocenters. The zero-order valence-electron chi connectivity index (χ0n) is 24.8. The second kappa shape index (κ2) is 10.1. The summed E-state index contributed by atoms with van der Waals surface area (Å²) in [5.74, 6) is 0. The van der Waals surface area contributed by atoms with Crippen LogP contribution in [0.1, 0.15) is 0 Å². The Labute approximate surface area is 274 Å². The summed E-state index contributed by atoms with van der Waals surface area (Å²) in [6.07, 6.45) is 0. The molecule has 2 heteroatoms. The molecule has 0 aliphatic carbocycles. The number of thiophene rings is 2. The summed E-state index contributed by atoms with van der Waals surface area (Å²) in [4.78, 5) is 0. The standard InChI is InChI=1S/C44H26S2/c1-2-11-28(12-3-1)39-26-45-43-37(39)23-22-36-38-25-29(21-24-40(38)46-44(36)43)41-32-16-6-8-18-34(32)42(35-19-9-7-17-33(35)41)31-20-10-14-27-13-4-5-15-30(27)31/h1-26H. The Morgan fingerprint density at radius 2 is 0.978 bits per heavy atom. The molecular formula is C44H26S2. The van der Waals surface area contributed by atoms with Gasteiger partial charge in [-0.15, -0.1) is 22.7 Å². The highest BCUT2D eigenvalue weighted by Crippen LogP contribution is 2.48. The first-order chi connectivity index (χ1) is 22.8. The first-order valence-electron chi connectivity index (χ1n) is 15.7. The van der Waals surface area contributed by atoms with Crippen molar-refractivity contribution >= 4 is 85.2 Å². The van der Waals surface area contributed by atoms with E-state index in [0.717, 1.165) is 0 Å². The summed E-state index contributed by atoms with van der Waals surface area (Å²) in [5.41, 5.74) is 7.77. The molecule has 0 atom stereocenters. The van der Waals surface area contributed by atoms with Crippen molar-refractivity contribution in [3.05, 3.63) is 157 Å². The van der Waals surface area contributed by atoms with Crippen molar-refractivity contribution in [3.8, 4) is 33.4 Å². The van der Waals surface area contributed by atoms with Crippen LogP contribution in [0.3, 0.4) is 0 Å². The average molecular weight is 619 g/mol. The monoisotopic (exact) mass is 618 g/mol. The largest absolute Gasteiger partial charge is 0.142 e. The molecular weight excluding hydrogens is 593 g/mol. The Balaban J connectivity index is 1.24. The fourth-order valence-corrected chi connectivity index (χ4v) is 9.91. The van der Waals surface area contributed by atoms with Crippen LogP contribution in [0, 0.1) is 0 Å². The molecule has 0 fully saturated rings. The van der Waals surface area contributed by atoms with Crippen LogP contribution >= 0.6 is 22.7 Å². The van der Waals surface area contributed by atoms with Gasteiger partial charge < -0.3 is 0 Å². The van der Waals surface area contributed by atoms with Gasteiger partial charge in [0.15, 0.2) is 0 Å². The summed E-state index contributed by atoms with van der Waals surface area (Å²) in [5, 5.41) is 14.1. The second-order valence-electron chi connectivity index (χ2n) is 12.0. The fourth-order valence-electron chi connectivity index (χ4n) is 7.50. The van der Waals surface area contributed by atoms with E-state index in [0.29, 0.717) is 0 Å². The highest BCUT2D eigenvalue weighted by Gasteiger charge is 2.19. The summed E-state index contributed by atoms with van der Waals surface area (Å²) < 4.78 is 4.11. The lowest BCUT2D eigenvalue weighted by molar-refractivity contribution is 1.69. The van der Waals surface area contributed by atoms with Crippen LogP contribution in [-0.2, 0) is 0 Å². The molecule has 10 aromatic rings. The van der Waals surface area contributed by atoms with E-state index in [1.54, 1.807) is 0 Å². The number of fused-ring (bicyclic) bond motifs is 8. The van der Waals surface area contributed by atoms with Gasteiger partial charge in [-0.2, -0.15) is 0 Å². The first-order valence-corrected chi connectivity index (χ1v) is 17.4. The summed E-state index contributed by atoms with van der Waals surface area (Å²) in [7, 11) is 0. The number of hydrogen-bond donors (Lipinski definition) is 0. The van der Waals surface area contributed by atoms with Crippen molar-refractivity contribution in [2.24, 2.45) is 0 Å². The van der Waals surface area contributed by atoms with E-state index in [-0.39, 0.29) is 0 Å². The Bertz CT molecular complexity index is 2740. The molecule has 0 spiro atoms. The smallest absolute Gasteiger partial charge is 0.0533 e. The molecule has 0 aliphatic rings. The first kappa shape index (κ1) is 26.0. The summed E-state index contributed by atoms with van der Waals surface area (Å²) in [6.45, 7) is 0. The maximum atomic E-state index is 2.44. The topological polar surface area (TPSA) is 0 Å². The van der Waals surface area contributed by atoms with E-state index in [9.17, 15) is 0 Å². The minimum Gasteiger partial charge on any atom is -0.142 e. The van der Waals surface area contributed by atoms with E-state index < -0.39 is 0 Å². The molecule has 0 N–H and O–H groups in total. The quantitative estimate of drug-likeness (QED) is 0.173. The molecule has 46 heavy (non-hydrogen) atoms. The summed E-state index contributed by atoms with van der Waals surface area (Å²) >= 11 is 3.79. The predicted molar refractivity (Wildman–Crippen MR) is 204 cm³/mol. The highest BCUT2D eigenvalue weighted by molar-refractivity contribution is 7.30. The SMILES string of the molecule is c1ccc(-c2csc3c2ccc2c4cc(-c5c6ccccc6c(-c6cccc7ccccc67)c6ccccc56)ccc4sc23)cc1. The maximum absolute atomic E-state index is 2.44. The average Bonchev–Trinajstić information content (AvgIpc) is 3.72. The molecule has 2 heterocycles. The van der Waals surface area contributed by atoms with E-state index in [4.69, 9.17) is 0 Å². The summed E-state index contributed by atoms with van der Waals surface area (Å²) in [6, 6.07) is 56.0. The van der Waals surface area contributed by atoms with E-state index in [2.05, 4.69) is 157 Å². The third-order valence-electron chi connectivity index (χ3n) is 9.54. The predicted octanol–water partition coefficient (Wildman–Crippen LogP) is 13.7. The molecule has 0 saturated heterocycles. The van der Waals surface area contributed by atoms with Crippen molar-refractivity contribution in [1.29, 1.82) is 0 Å². The van der Waals surface area contributed by atoms with Crippen LogP contribution in [0.2, 0.25) is 0 Å². The van der Waals surface area contributed by atoms with Gasteiger partial charge in [-0.05, 0) is 77.6 Å². The third-order valence-corrected chi connectivity index (χ3v) is 11.9. The second-order valence-corrected chi connectivity index (χ2v) is 13.9. The van der Waals surface area contributed by atoms with Gasteiger partial charge in [-0.1, -0.05) is 140 Å². The minimum atomic E-state index is 1.26. The van der Waals surface area contributed by atoms with Crippen LogP contribution in [-0.4, -0.2) is 0 Å². The number of rotatable bonds is 3. The van der Waals surface area contributed by atoms with Crippen LogP contribution in [0.5, 0.6) is 0 Å². The molecule has 0 bridgehead atoms. The lowest BCUT2D eigenvalue weighted by atomic mass is 9.84. The van der Waals surface area contributed by atoms with Crippen LogP contribution in [0.25, 0.3) is 96.0 Å². The van der Waals surface area contributed by atoms with Gasteiger partial charge in [-0.25, -0.2) is 0 Å². The molecule has 0 saturated carbocycles. The van der Waals surface area contributed by atoms with Crippen molar-refractivity contribution in [2.45, 2.75) is 0 Å². The van der Waals surface area contributed by atoms with Gasteiger partial charge in [0.1, 0.15) is 0 Å². The van der Waals surface area contributed by atoms with Gasteiger partial charge in [0.2, 0.25) is 0 Å². The number of hydrogen-bond acceptors (Lipinski definition) is 2. The van der Waals surface area contributed by atoms with Crippen molar-refractivity contribution in [3.63, 3.8) is 0 Å². The Morgan fingerprint density at radius 3 is 1.74 bits per heavy atom. The third kappa shape index (κ3) is 3.78. The van der Waals surface area contributed by atoms with Crippen LogP contribution in [0.15, 0.2) is 157 Å². The molecule has 10 rings (SSSR count). The van der Waals surface area contributed by atoms with Gasteiger partial charge in [0.05, 0.1) is 9.40 Å². The van der Waals surface area contributed by atoms with Gasteiger partial charge >= 0.3 is 0 Å². The Morgan fingerprint density at radius 1 is 0.348 bits per heavy atom. The van der Waals surface area contributed by atoms with Crippen molar-refractivity contribution in [2.75, 3.05) is 0 Å². The van der Waals surface area contributed by atoms with Gasteiger partial charge in [-0.3, -0.25) is 0 Å². The van der Waals surface area contributed by atoms with Gasteiger partial charge in [0.25, 0.3) is 0 Å². The Hall–Kier alpha value is -5.28. The van der Waals surface area contributed by atoms with E-state index in [1.165, 1.54) is 96.0 Å². The normalized spacial score (nSPS) is 11.9. The molecule has 0 nitrogen and oxygen atoms in total.